The Morgan fingerprint density at radius 2 is 2.05 bits per heavy atom. The largest absolute Gasteiger partial charge is 0.392 e. The molecule has 0 aliphatic carbocycles. The van der Waals surface area contributed by atoms with Crippen LogP contribution in [0, 0.1) is 0 Å². The van der Waals surface area contributed by atoms with Crippen LogP contribution in [0.1, 0.15) is 0 Å². The Morgan fingerprint density at radius 3 is 2.58 bits per heavy atom. The van der Waals surface area contributed by atoms with Gasteiger partial charge >= 0.3 is 0 Å². The second-order valence-electron chi connectivity index (χ2n) is 4.34. The lowest BCUT2D eigenvalue weighted by molar-refractivity contribution is 0.209. The topological polar surface area (TPSA) is 79.5 Å². The van der Waals surface area contributed by atoms with Crippen LogP contribution in [-0.2, 0) is 10.0 Å². The summed E-state index contributed by atoms with van der Waals surface area (Å²) in [5, 5.41) is 0. The van der Waals surface area contributed by atoms with Crippen molar-refractivity contribution in [2.24, 2.45) is 5.73 Å². The molecule has 104 valence electrons. The Kier molecular flexibility index (Phi) is 4.46. The molecule has 1 saturated heterocycles. The van der Waals surface area contributed by atoms with Gasteiger partial charge in [0.25, 0.3) is 0 Å². The van der Waals surface area contributed by atoms with E-state index in [1.807, 2.05) is 0 Å². The number of hydrogen-bond donors (Lipinski definition) is 1. The first-order valence-electron chi connectivity index (χ1n) is 5.91. The summed E-state index contributed by atoms with van der Waals surface area (Å²) in [6.07, 6.45) is 2.93. The molecule has 1 aromatic heterocycles. The Hall–Kier alpha value is -1.09. The number of thiocarbonyl (C=S) groups is 1. The third-order valence-electron chi connectivity index (χ3n) is 2.98. The summed E-state index contributed by atoms with van der Waals surface area (Å²) in [6, 6.07) is 3.18. The van der Waals surface area contributed by atoms with E-state index in [1.165, 1.54) is 10.5 Å². The van der Waals surface area contributed by atoms with E-state index < -0.39 is 10.0 Å². The monoisotopic (exact) mass is 300 g/mol. The first kappa shape index (κ1) is 14.3. The van der Waals surface area contributed by atoms with Gasteiger partial charge in [-0.2, -0.15) is 4.31 Å². The maximum atomic E-state index is 12.3. The summed E-state index contributed by atoms with van der Waals surface area (Å²) in [7, 11) is -3.43. The standard InChI is InChI=1S/C11H16N4O2S2/c12-11(18)9-14-4-6-15(7-5-14)19(16,17)10-2-1-3-13-8-10/h1-3,8H,4-7,9H2,(H2,12,18). The molecule has 1 fully saturated rings. The molecule has 0 unspecified atom stereocenters. The molecule has 0 spiro atoms. The molecule has 2 heterocycles. The zero-order valence-electron chi connectivity index (χ0n) is 10.4. The highest BCUT2D eigenvalue weighted by atomic mass is 32.2. The second-order valence-corrected chi connectivity index (χ2v) is 6.80. The summed E-state index contributed by atoms with van der Waals surface area (Å²) in [4.78, 5) is 6.57. The predicted octanol–water partition coefficient (Wildman–Crippen LogP) is -0.326. The Bertz CT molecular complexity index is 539. The lowest BCUT2D eigenvalue weighted by Gasteiger charge is -2.33. The van der Waals surface area contributed by atoms with Crippen molar-refractivity contribution in [2.45, 2.75) is 4.90 Å². The number of aromatic nitrogens is 1. The molecule has 2 N–H and O–H groups in total. The maximum absolute atomic E-state index is 12.3. The summed E-state index contributed by atoms with van der Waals surface area (Å²) in [6.45, 7) is 2.70. The molecule has 8 heteroatoms. The van der Waals surface area contributed by atoms with Crippen molar-refractivity contribution in [3.8, 4) is 0 Å². The average molecular weight is 300 g/mol. The molecule has 0 amide bonds. The van der Waals surface area contributed by atoms with Crippen LogP contribution in [0.25, 0.3) is 0 Å². The molecule has 19 heavy (non-hydrogen) atoms. The number of pyridine rings is 1. The summed E-state index contributed by atoms with van der Waals surface area (Å²) in [5.41, 5.74) is 5.48. The van der Waals surface area contributed by atoms with E-state index in [9.17, 15) is 8.42 Å². The van der Waals surface area contributed by atoms with E-state index in [4.69, 9.17) is 18.0 Å². The normalized spacial score (nSPS) is 18.3. The molecule has 0 aromatic carbocycles. The van der Waals surface area contributed by atoms with Crippen molar-refractivity contribution in [1.82, 2.24) is 14.2 Å². The van der Waals surface area contributed by atoms with Crippen LogP contribution in [-0.4, -0.2) is 60.3 Å². The fourth-order valence-electron chi connectivity index (χ4n) is 2.00. The van der Waals surface area contributed by atoms with E-state index >= 15 is 0 Å². The first-order valence-corrected chi connectivity index (χ1v) is 7.76. The van der Waals surface area contributed by atoms with Crippen LogP contribution >= 0.6 is 12.2 Å². The molecular formula is C11H16N4O2S2. The first-order chi connectivity index (χ1) is 9.00. The van der Waals surface area contributed by atoms with Crippen molar-refractivity contribution in [2.75, 3.05) is 32.7 Å². The zero-order chi connectivity index (χ0) is 13.9. The Labute approximate surface area is 118 Å². The minimum Gasteiger partial charge on any atom is -0.392 e. The number of hydrogen-bond acceptors (Lipinski definition) is 5. The van der Waals surface area contributed by atoms with Gasteiger partial charge < -0.3 is 5.73 Å². The number of sulfonamides is 1. The Morgan fingerprint density at radius 1 is 1.37 bits per heavy atom. The molecule has 0 atom stereocenters. The number of rotatable bonds is 4. The van der Waals surface area contributed by atoms with Crippen LogP contribution in [0.15, 0.2) is 29.4 Å². The minimum absolute atomic E-state index is 0.234. The third kappa shape index (κ3) is 3.47. The molecule has 0 radical (unpaired) electrons. The van der Waals surface area contributed by atoms with Crippen LogP contribution in [0.2, 0.25) is 0 Å². The van der Waals surface area contributed by atoms with Crippen LogP contribution in [0.3, 0.4) is 0 Å². The van der Waals surface area contributed by atoms with Crippen molar-refractivity contribution >= 4 is 27.2 Å². The summed E-state index contributed by atoms with van der Waals surface area (Å²) in [5.74, 6) is 0. The lowest BCUT2D eigenvalue weighted by Crippen LogP contribution is -2.50. The quantitative estimate of drug-likeness (QED) is 0.767. The van der Waals surface area contributed by atoms with Crippen LogP contribution in [0.5, 0.6) is 0 Å². The highest BCUT2D eigenvalue weighted by Crippen LogP contribution is 2.16. The van der Waals surface area contributed by atoms with Crippen LogP contribution in [0.4, 0.5) is 0 Å². The van der Waals surface area contributed by atoms with Gasteiger partial charge in [0.2, 0.25) is 10.0 Å². The molecule has 0 bridgehead atoms. The van der Waals surface area contributed by atoms with E-state index in [1.54, 1.807) is 18.3 Å². The highest BCUT2D eigenvalue weighted by Gasteiger charge is 2.28. The van der Waals surface area contributed by atoms with Gasteiger partial charge in [-0.25, -0.2) is 8.42 Å². The molecular weight excluding hydrogens is 284 g/mol. The van der Waals surface area contributed by atoms with Gasteiger partial charge in [0.1, 0.15) is 4.90 Å². The van der Waals surface area contributed by atoms with E-state index in [2.05, 4.69) is 9.88 Å². The summed E-state index contributed by atoms with van der Waals surface area (Å²) < 4.78 is 26.1. The second kappa shape index (κ2) is 5.91. The Balaban J connectivity index is 2.03. The zero-order valence-corrected chi connectivity index (χ0v) is 12.0. The molecule has 6 nitrogen and oxygen atoms in total. The van der Waals surface area contributed by atoms with Gasteiger partial charge in [0.05, 0.1) is 4.99 Å². The van der Waals surface area contributed by atoms with Gasteiger partial charge in [-0.1, -0.05) is 12.2 Å². The lowest BCUT2D eigenvalue weighted by atomic mass is 10.3. The van der Waals surface area contributed by atoms with E-state index in [-0.39, 0.29) is 4.90 Å². The molecule has 0 saturated carbocycles. The van der Waals surface area contributed by atoms with Crippen molar-refractivity contribution in [3.63, 3.8) is 0 Å². The van der Waals surface area contributed by atoms with E-state index in [0.717, 1.165) is 0 Å². The number of nitrogens with zero attached hydrogens (tertiary/aromatic N) is 3. The highest BCUT2D eigenvalue weighted by molar-refractivity contribution is 7.89. The third-order valence-corrected chi connectivity index (χ3v) is 4.99. The van der Waals surface area contributed by atoms with Gasteiger partial charge in [-0.15, -0.1) is 0 Å². The smallest absolute Gasteiger partial charge is 0.244 e. The minimum atomic E-state index is -3.43. The fraction of sp³-hybridized carbons (Fsp3) is 0.455. The van der Waals surface area contributed by atoms with Gasteiger partial charge in [-0.05, 0) is 12.1 Å². The van der Waals surface area contributed by atoms with Gasteiger partial charge in [0.15, 0.2) is 0 Å². The van der Waals surface area contributed by atoms with Crippen LogP contribution < -0.4 is 5.73 Å². The molecule has 1 aromatic rings. The van der Waals surface area contributed by atoms with Gasteiger partial charge in [0, 0.05) is 45.1 Å². The summed E-state index contributed by atoms with van der Waals surface area (Å²) >= 11 is 4.85. The van der Waals surface area contributed by atoms with Crippen molar-refractivity contribution < 1.29 is 8.42 Å². The number of piperazine rings is 1. The van der Waals surface area contributed by atoms with Gasteiger partial charge in [-0.3, -0.25) is 9.88 Å². The van der Waals surface area contributed by atoms with E-state index in [0.29, 0.717) is 37.7 Å². The predicted molar refractivity (Wildman–Crippen MR) is 76.2 cm³/mol. The molecule has 1 aliphatic heterocycles. The average Bonchev–Trinajstić information content (AvgIpc) is 2.40. The van der Waals surface area contributed by atoms with Crippen molar-refractivity contribution in [1.29, 1.82) is 0 Å². The maximum Gasteiger partial charge on any atom is 0.244 e. The van der Waals surface area contributed by atoms with Crippen molar-refractivity contribution in [3.05, 3.63) is 24.5 Å². The SMILES string of the molecule is NC(=S)CN1CCN(S(=O)(=O)c2cccnc2)CC1. The number of nitrogens with two attached hydrogens (primary N) is 1. The molecule has 2 rings (SSSR count). The fourth-order valence-corrected chi connectivity index (χ4v) is 3.57. The molecule has 1 aliphatic rings.